The Balaban J connectivity index is 2.45. The van der Waals surface area contributed by atoms with Gasteiger partial charge in [0.15, 0.2) is 0 Å². The summed E-state index contributed by atoms with van der Waals surface area (Å²) >= 11 is 1.82. The summed E-state index contributed by atoms with van der Waals surface area (Å²) in [5, 5.41) is 10.6. The summed E-state index contributed by atoms with van der Waals surface area (Å²) in [4.78, 5) is 25.4. The Morgan fingerprint density at radius 3 is 2.89 bits per heavy atom. The normalized spacial score (nSPS) is 10.4. The summed E-state index contributed by atoms with van der Waals surface area (Å²) < 4.78 is 15.5. The van der Waals surface area contributed by atoms with E-state index in [1.165, 1.54) is 29.2 Å². The van der Waals surface area contributed by atoms with E-state index in [-0.39, 0.29) is 17.7 Å². The van der Waals surface area contributed by atoms with Crippen LogP contribution in [-0.2, 0) is 6.54 Å². The fourth-order valence-electron chi connectivity index (χ4n) is 1.55. The molecular formula is C11H7FIN3O3. The first-order chi connectivity index (χ1) is 9.00. The van der Waals surface area contributed by atoms with Crippen LogP contribution in [0.1, 0.15) is 5.56 Å². The summed E-state index contributed by atoms with van der Waals surface area (Å²) in [6.07, 6.45) is 2.66. The Labute approximate surface area is 120 Å². The van der Waals surface area contributed by atoms with Crippen molar-refractivity contribution in [1.29, 1.82) is 0 Å². The van der Waals surface area contributed by atoms with Crippen LogP contribution in [0, 0.1) is 19.5 Å². The maximum atomic E-state index is 13.9. The molecule has 0 amide bonds. The maximum absolute atomic E-state index is 13.9. The Morgan fingerprint density at radius 2 is 2.21 bits per heavy atom. The van der Waals surface area contributed by atoms with E-state index in [1.807, 2.05) is 22.6 Å². The molecule has 0 radical (unpaired) electrons. The fraction of sp³-hybridized carbons (Fsp3) is 0.0909. The van der Waals surface area contributed by atoms with E-state index in [4.69, 9.17) is 0 Å². The Hall–Kier alpha value is -1.84. The Bertz CT molecular complexity index is 702. The molecule has 2 rings (SSSR count). The van der Waals surface area contributed by atoms with Gasteiger partial charge in [0.05, 0.1) is 21.4 Å². The van der Waals surface area contributed by atoms with Gasteiger partial charge in [-0.25, -0.2) is 4.98 Å². The first kappa shape index (κ1) is 13.6. The van der Waals surface area contributed by atoms with Crippen molar-refractivity contribution >= 4 is 28.3 Å². The lowest BCUT2D eigenvalue weighted by Crippen LogP contribution is -2.23. The van der Waals surface area contributed by atoms with Crippen molar-refractivity contribution in [2.75, 3.05) is 0 Å². The number of nitrogens with zero attached hydrogens (tertiary/aromatic N) is 3. The summed E-state index contributed by atoms with van der Waals surface area (Å²) in [5.74, 6) is -0.932. The number of nitro benzene ring substituents is 1. The SMILES string of the molecule is O=c1c(I)cncn1Cc1cccc([N+](=O)[O-])c1F. The number of nitro groups is 1. The average Bonchev–Trinajstić information content (AvgIpc) is 2.37. The van der Waals surface area contributed by atoms with Gasteiger partial charge in [0.1, 0.15) is 0 Å². The number of rotatable bonds is 3. The number of hydrogen-bond acceptors (Lipinski definition) is 4. The van der Waals surface area contributed by atoms with Crippen LogP contribution in [0.4, 0.5) is 10.1 Å². The molecule has 0 fully saturated rings. The minimum absolute atomic E-state index is 0.0695. The molecule has 8 heteroatoms. The molecule has 98 valence electrons. The quantitative estimate of drug-likeness (QED) is 0.467. The predicted octanol–water partition coefficient (Wildman–Crippen LogP) is 1.94. The highest BCUT2D eigenvalue weighted by atomic mass is 127. The van der Waals surface area contributed by atoms with Gasteiger partial charge < -0.3 is 0 Å². The van der Waals surface area contributed by atoms with Gasteiger partial charge in [-0.2, -0.15) is 4.39 Å². The predicted molar refractivity (Wildman–Crippen MR) is 73.4 cm³/mol. The van der Waals surface area contributed by atoms with Crippen molar-refractivity contribution in [3.63, 3.8) is 0 Å². The highest BCUT2D eigenvalue weighted by molar-refractivity contribution is 14.1. The molecule has 0 saturated carbocycles. The first-order valence-electron chi connectivity index (χ1n) is 5.12. The molecule has 0 atom stereocenters. The van der Waals surface area contributed by atoms with E-state index in [1.54, 1.807) is 0 Å². The number of halogens is 2. The van der Waals surface area contributed by atoms with E-state index < -0.39 is 16.4 Å². The van der Waals surface area contributed by atoms with Crippen molar-refractivity contribution in [3.05, 3.63) is 66.1 Å². The van der Waals surface area contributed by atoms with E-state index in [0.717, 1.165) is 6.07 Å². The van der Waals surface area contributed by atoms with Crippen molar-refractivity contribution < 1.29 is 9.31 Å². The van der Waals surface area contributed by atoms with Crippen LogP contribution in [0.15, 0.2) is 35.5 Å². The molecule has 1 aromatic heterocycles. The number of hydrogen-bond donors (Lipinski definition) is 0. The molecule has 0 saturated heterocycles. The second-order valence-electron chi connectivity index (χ2n) is 3.68. The van der Waals surface area contributed by atoms with Crippen molar-refractivity contribution in [1.82, 2.24) is 9.55 Å². The van der Waals surface area contributed by atoms with Crippen molar-refractivity contribution in [2.24, 2.45) is 0 Å². The second kappa shape index (κ2) is 5.43. The summed E-state index contributed by atoms with van der Waals surface area (Å²) in [7, 11) is 0. The summed E-state index contributed by atoms with van der Waals surface area (Å²) in [6, 6.07) is 3.85. The van der Waals surface area contributed by atoms with E-state index in [2.05, 4.69) is 4.98 Å². The average molecular weight is 375 g/mol. The van der Waals surface area contributed by atoms with E-state index in [0.29, 0.717) is 3.57 Å². The zero-order valence-corrected chi connectivity index (χ0v) is 11.6. The molecule has 1 heterocycles. The van der Waals surface area contributed by atoms with E-state index in [9.17, 15) is 19.3 Å². The number of aromatic nitrogens is 2. The minimum Gasteiger partial charge on any atom is -0.294 e. The lowest BCUT2D eigenvalue weighted by atomic mass is 10.2. The smallest absolute Gasteiger partial charge is 0.294 e. The highest BCUT2D eigenvalue weighted by Crippen LogP contribution is 2.20. The van der Waals surface area contributed by atoms with Crippen LogP contribution in [0.3, 0.4) is 0 Å². The molecule has 0 spiro atoms. The van der Waals surface area contributed by atoms with Crippen LogP contribution in [0.25, 0.3) is 0 Å². The summed E-state index contributed by atoms with van der Waals surface area (Å²) in [5.41, 5.74) is -0.856. The molecule has 0 bridgehead atoms. The molecule has 0 aliphatic rings. The van der Waals surface area contributed by atoms with Gasteiger partial charge >= 0.3 is 5.69 Å². The largest absolute Gasteiger partial charge is 0.305 e. The van der Waals surface area contributed by atoms with Crippen LogP contribution < -0.4 is 5.56 Å². The van der Waals surface area contributed by atoms with Gasteiger partial charge in [0.25, 0.3) is 5.56 Å². The van der Waals surface area contributed by atoms with Crippen LogP contribution in [0.5, 0.6) is 0 Å². The van der Waals surface area contributed by atoms with Gasteiger partial charge in [-0.3, -0.25) is 19.5 Å². The van der Waals surface area contributed by atoms with Crippen LogP contribution in [0.2, 0.25) is 0 Å². The molecule has 1 aromatic carbocycles. The molecular weight excluding hydrogens is 368 g/mol. The topological polar surface area (TPSA) is 78.0 Å². The zero-order chi connectivity index (χ0) is 14.0. The second-order valence-corrected chi connectivity index (χ2v) is 4.84. The third-order valence-electron chi connectivity index (χ3n) is 2.45. The van der Waals surface area contributed by atoms with Crippen molar-refractivity contribution in [2.45, 2.75) is 6.54 Å². The first-order valence-corrected chi connectivity index (χ1v) is 6.20. The lowest BCUT2D eigenvalue weighted by Gasteiger charge is -2.06. The lowest BCUT2D eigenvalue weighted by molar-refractivity contribution is -0.387. The van der Waals surface area contributed by atoms with Crippen LogP contribution in [-0.4, -0.2) is 14.5 Å². The zero-order valence-electron chi connectivity index (χ0n) is 9.42. The standard InChI is InChI=1S/C11H7FIN3O3/c12-10-7(2-1-3-9(10)16(18)19)5-15-6-14-4-8(13)11(15)17/h1-4,6H,5H2. The summed E-state index contributed by atoms with van der Waals surface area (Å²) in [6.45, 7) is -0.101. The molecule has 6 nitrogen and oxygen atoms in total. The molecule has 19 heavy (non-hydrogen) atoms. The van der Waals surface area contributed by atoms with Gasteiger partial charge in [-0.15, -0.1) is 0 Å². The third kappa shape index (κ3) is 2.78. The molecule has 0 N–H and O–H groups in total. The minimum atomic E-state index is -0.932. The third-order valence-corrected chi connectivity index (χ3v) is 3.19. The van der Waals surface area contributed by atoms with Crippen LogP contribution >= 0.6 is 22.6 Å². The maximum Gasteiger partial charge on any atom is 0.305 e. The van der Waals surface area contributed by atoms with Gasteiger partial charge in [-0.1, -0.05) is 12.1 Å². The highest BCUT2D eigenvalue weighted by Gasteiger charge is 2.17. The van der Waals surface area contributed by atoms with Gasteiger partial charge in [0.2, 0.25) is 5.82 Å². The number of benzene rings is 1. The Morgan fingerprint density at radius 1 is 1.47 bits per heavy atom. The molecule has 0 aliphatic carbocycles. The van der Waals surface area contributed by atoms with Gasteiger partial charge in [0, 0.05) is 17.8 Å². The monoisotopic (exact) mass is 375 g/mol. The van der Waals surface area contributed by atoms with Crippen molar-refractivity contribution in [3.8, 4) is 0 Å². The molecule has 0 aliphatic heterocycles. The fourth-order valence-corrected chi connectivity index (χ4v) is 2.02. The Kier molecular flexibility index (Phi) is 3.88. The van der Waals surface area contributed by atoms with Gasteiger partial charge in [-0.05, 0) is 22.6 Å². The molecule has 0 unspecified atom stereocenters. The molecule has 2 aromatic rings. The van der Waals surface area contributed by atoms with E-state index >= 15 is 0 Å².